The molecular formula is C11H17N3O6. The molecule has 9 heteroatoms. The molecule has 0 amide bonds. The first kappa shape index (κ1) is 14.9. The first-order chi connectivity index (χ1) is 9.56. The summed E-state index contributed by atoms with van der Waals surface area (Å²) in [6.07, 6.45) is -0.132. The van der Waals surface area contributed by atoms with Crippen molar-refractivity contribution in [2.75, 3.05) is 33.7 Å². The fraction of sp³-hybridized carbons (Fsp3) is 0.636. The van der Waals surface area contributed by atoms with Crippen molar-refractivity contribution in [2.24, 2.45) is 0 Å². The summed E-state index contributed by atoms with van der Waals surface area (Å²) >= 11 is 0. The lowest BCUT2D eigenvalue weighted by Gasteiger charge is -2.32. The number of nitrogens with zero attached hydrogens (tertiary/aromatic N) is 2. The normalized spacial score (nSPS) is 23.1. The Morgan fingerprint density at radius 2 is 2.05 bits per heavy atom. The number of nitrogens with two attached hydrogens (primary N) is 1. The lowest BCUT2D eigenvalue weighted by atomic mass is 10.5. The Bertz CT molecular complexity index is 507. The van der Waals surface area contributed by atoms with Crippen LogP contribution in [0, 0.1) is 0 Å². The minimum absolute atomic E-state index is 0.119. The van der Waals surface area contributed by atoms with Crippen LogP contribution in [-0.2, 0) is 23.7 Å². The van der Waals surface area contributed by atoms with Crippen molar-refractivity contribution in [3.05, 3.63) is 22.7 Å². The first-order valence-corrected chi connectivity index (χ1v) is 5.83. The molecule has 1 fully saturated rings. The van der Waals surface area contributed by atoms with Gasteiger partial charge in [-0.2, -0.15) is 4.98 Å². The van der Waals surface area contributed by atoms with E-state index in [9.17, 15) is 4.79 Å². The number of nitrogen functional groups attached to an aromatic ring is 1. The van der Waals surface area contributed by atoms with Crippen LogP contribution in [0.1, 0.15) is 6.23 Å². The van der Waals surface area contributed by atoms with E-state index in [2.05, 4.69) is 4.98 Å². The summed E-state index contributed by atoms with van der Waals surface area (Å²) in [5.74, 6) is -1.36. The highest BCUT2D eigenvalue weighted by molar-refractivity contribution is 5.23. The highest BCUT2D eigenvalue weighted by Gasteiger charge is 2.48. The number of hydrogen-bond acceptors (Lipinski definition) is 8. The van der Waals surface area contributed by atoms with Gasteiger partial charge in [0.25, 0.3) is 0 Å². The zero-order valence-electron chi connectivity index (χ0n) is 11.4. The molecule has 0 saturated carbocycles. The summed E-state index contributed by atoms with van der Waals surface area (Å²) in [5.41, 5.74) is 4.90. The highest BCUT2D eigenvalue weighted by Crippen LogP contribution is 2.30. The number of aromatic nitrogens is 2. The van der Waals surface area contributed by atoms with Gasteiger partial charge < -0.3 is 29.4 Å². The van der Waals surface area contributed by atoms with Crippen molar-refractivity contribution < 1.29 is 23.7 Å². The molecule has 0 spiro atoms. The van der Waals surface area contributed by atoms with Gasteiger partial charge in [-0.1, -0.05) is 0 Å². The summed E-state index contributed by atoms with van der Waals surface area (Å²) < 4.78 is 27.7. The van der Waals surface area contributed by atoms with Crippen LogP contribution in [0.15, 0.2) is 17.1 Å². The predicted molar refractivity (Wildman–Crippen MR) is 66.5 cm³/mol. The van der Waals surface area contributed by atoms with Crippen LogP contribution in [0.5, 0.6) is 0 Å². The van der Waals surface area contributed by atoms with Gasteiger partial charge >= 0.3 is 11.7 Å². The van der Waals surface area contributed by atoms with Crippen molar-refractivity contribution in [3.63, 3.8) is 0 Å². The Kier molecular flexibility index (Phi) is 4.35. The SMILES string of the molecule is COC(OC)(OC)C1OCC(n2ccc(N)nc2=O)O1. The second kappa shape index (κ2) is 5.85. The van der Waals surface area contributed by atoms with Crippen molar-refractivity contribution in [3.8, 4) is 0 Å². The van der Waals surface area contributed by atoms with Gasteiger partial charge in [-0.15, -0.1) is 0 Å². The molecule has 1 aromatic rings. The van der Waals surface area contributed by atoms with Gasteiger partial charge in [-0.3, -0.25) is 4.57 Å². The van der Waals surface area contributed by atoms with E-state index in [1.165, 1.54) is 38.2 Å². The number of ether oxygens (including phenoxy) is 5. The monoisotopic (exact) mass is 287 g/mol. The Morgan fingerprint density at radius 3 is 2.60 bits per heavy atom. The molecule has 20 heavy (non-hydrogen) atoms. The predicted octanol–water partition coefficient (Wildman–Crippen LogP) is -0.710. The average Bonchev–Trinajstić information content (AvgIpc) is 2.91. The highest BCUT2D eigenvalue weighted by atomic mass is 16.9. The van der Waals surface area contributed by atoms with Gasteiger partial charge in [0.2, 0.25) is 6.29 Å². The quantitative estimate of drug-likeness (QED) is 0.708. The van der Waals surface area contributed by atoms with Gasteiger partial charge in [-0.05, 0) is 6.07 Å². The van der Waals surface area contributed by atoms with Crippen LogP contribution >= 0.6 is 0 Å². The molecule has 1 saturated heterocycles. The molecule has 9 nitrogen and oxygen atoms in total. The molecule has 0 radical (unpaired) electrons. The van der Waals surface area contributed by atoms with E-state index >= 15 is 0 Å². The molecule has 0 aromatic carbocycles. The standard InChI is InChI=1S/C11H17N3O6/c1-16-11(17-2,18-3)9-19-6-8(20-9)14-5-4-7(12)13-10(14)15/h4-5,8-9H,6H2,1-3H3,(H2,12,13,15). The molecule has 2 unspecified atom stereocenters. The number of rotatable bonds is 5. The van der Waals surface area contributed by atoms with Crippen molar-refractivity contribution in [1.82, 2.24) is 9.55 Å². The maximum atomic E-state index is 11.7. The topological polar surface area (TPSA) is 107 Å². The fourth-order valence-corrected chi connectivity index (χ4v) is 1.91. The van der Waals surface area contributed by atoms with Crippen LogP contribution in [0.25, 0.3) is 0 Å². The Hall–Kier alpha value is -1.52. The van der Waals surface area contributed by atoms with Crippen LogP contribution in [0.3, 0.4) is 0 Å². The third kappa shape index (κ3) is 2.53. The van der Waals surface area contributed by atoms with Crippen LogP contribution in [-0.4, -0.2) is 49.8 Å². The zero-order valence-corrected chi connectivity index (χ0v) is 11.4. The van der Waals surface area contributed by atoms with E-state index < -0.39 is 24.2 Å². The summed E-state index contributed by atoms with van der Waals surface area (Å²) in [6, 6.07) is 1.49. The lowest BCUT2D eigenvalue weighted by molar-refractivity contribution is -0.423. The van der Waals surface area contributed by atoms with E-state index in [1.54, 1.807) is 0 Å². The third-order valence-corrected chi connectivity index (χ3v) is 2.97. The van der Waals surface area contributed by atoms with E-state index in [0.29, 0.717) is 0 Å². The molecule has 112 valence electrons. The molecule has 1 aliphatic rings. The van der Waals surface area contributed by atoms with Crippen molar-refractivity contribution in [2.45, 2.75) is 18.5 Å². The smallest absolute Gasteiger partial charge is 0.351 e. The molecule has 2 N–H and O–H groups in total. The van der Waals surface area contributed by atoms with E-state index in [4.69, 9.17) is 29.4 Å². The zero-order chi connectivity index (χ0) is 14.8. The number of anilines is 1. The summed E-state index contributed by atoms with van der Waals surface area (Å²) in [5, 5.41) is 0. The summed E-state index contributed by atoms with van der Waals surface area (Å²) in [7, 11) is 4.18. The summed E-state index contributed by atoms with van der Waals surface area (Å²) in [6.45, 7) is 0.119. The maximum Gasteiger partial charge on any atom is 0.351 e. The molecule has 0 aliphatic carbocycles. The maximum absolute atomic E-state index is 11.7. The first-order valence-electron chi connectivity index (χ1n) is 5.83. The van der Waals surface area contributed by atoms with Crippen LogP contribution in [0.2, 0.25) is 0 Å². The molecule has 2 rings (SSSR count). The van der Waals surface area contributed by atoms with Crippen molar-refractivity contribution in [1.29, 1.82) is 0 Å². The molecule has 1 aromatic heterocycles. The molecular weight excluding hydrogens is 270 g/mol. The minimum atomic E-state index is -1.50. The third-order valence-electron chi connectivity index (χ3n) is 2.97. The van der Waals surface area contributed by atoms with Crippen LogP contribution < -0.4 is 11.4 Å². The fourth-order valence-electron chi connectivity index (χ4n) is 1.91. The van der Waals surface area contributed by atoms with Crippen LogP contribution in [0.4, 0.5) is 5.82 Å². The summed E-state index contributed by atoms with van der Waals surface area (Å²) in [4.78, 5) is 15.4. The van der Waals surface area contributed by atoms with Gasteiger partial charge in [0.1, 0.15) is 5.82 Å². The Morgan fingerprint density at radius 1 is 1.40 bits per heavy atom. The number of hydrogen-bond donors (Lipinski definition) is 1. The van der Waals surface area contributed by atoms with Crippen molar-refractivity contribution >= 4 is 5.82 Å². The Balaban J connectivity index is 2.18. The lowest BCUT2D eigenvalue weighted by Crippen LogP contribution is -2.48. The molecule has 2 heterocycles. The molecule has 2 atom stereocenters. The largest absolute Gasteiger partial charge is 0.383 e. The second-order valence-electron chi connectivity index (χ2n) is 4.01. The minimum Gasteiger partial charge on any atom is -0.383 e. The van der Waals surface area contributed by atoms with E-state index in [-0.39, 0.29) is 12.4 Å². The Labute approximate surface area is 115 Å². The van der Waals surface area contributed by atoms with Gasteiger partial charge in [0.05, 0.1) is 6.61 Å². The number of methoxy groups -OCH3 is 3. The van der Waals surface area contributed by atoms with Gasteiger partial charge in [-0.25, -0.2) is 4.79 Å². The van der Waals surface area contributed by atoms with E-state index in [0.717, 1.165) is 0 Å². The van der Waals surface area contributed by atoms with Gasteiger partial charge in [0.15, 0.2) is 6.23 Å². The van der Waals surface area contributed by atoms with Gasteiger partial charge in [0, 0.05) is 27.5 Å². The molecule has 1 aliphatic heterocycles. The van der Waals surface area contributed by atoms with E-state index in [1.807, 2.05) is 0 Å². The molecule has 0 bridgehead atoms. The average molecular weight is 287 g/mol. The second-order valence-corrected chi connectivity index (χ2v) is 4.01.